The maximum absolute atomic E-state index is 13.9. The summed E-state index contributed by atoms with van der Waals surface area (Å²) in [5.41, 5.74) is 1.50. The molecule has 1 aliphatic rings. The molecule has 3 aromatic heterocycles. The van der Waals surface area contributed by atoms with Crippen LogP contribution in [0, 0.1) is 11.7 Å². The maximum atomic E-state index is 13.9. The molecule has 2 unspecified atom stereocenters. The minimum Gasteiger partial charge on any atom is -0.383 e. The summed E-state index contributed by atoms with van der Waals surface area (Å²) in [4.78, 5) is 22.1. The largest absolute Gasteiger partial charge is 0.383 e. The zero-order chi connectivity index (χ0) is 19.4. The standard InChI is InChI=1S/C19H18FN5O3/c1-10-7-12(10)18-22-17(23-28-18)15-16-19(26)24(5-6-27-2)14-8-11(20)3-4-13(14)25(16)9-21-15/h3-4,8-10,12H,5-7H2,1-2H3. The molecule has 0 radical (unpaired) electrons. The summed E-state index contributed by atoms with van der Waals surface area (Å²) in [6.07, 6.45) is 2.55. The van der Waals surface area contributed by atoms with E-state index in [2.05, 4.69) is 22.0 Å². The van der Waals surface area contributed by atoms with Crippen LogP contribution in [0.4, 0.5) is 4.39 Å². The number of ether oxygens (including phenoxy) is 1. The van der Waals surface area contributed by atoms with Crippen molar-refractivity contribution in [1.82, 2.24) is 24.1 Å². The third-order valence-corrected chi connectivity index (χ3v) is 5.30. The second-order valence-corrected chi connectivity index (χ2v) is 7.17. The number of hydrogen-bond acceptors (Lipinski definition) is 6. The van der Waals surface area contributed by atoms with Crippen LogP contribution in [0.15, 0.2) is 33.8 Å². The Bertz CT molecular complexity index is 1260. The molecule has 0 saturated heterocycles. The van der Waals surface area contributed by atoms with E-state index in [4.69, 9.17) is 9.26 Å². The van der Waals surface area contributed by atoms with Gasteiger partial charge in [0.1, 0.15) is 23.4 Å². The van der Waals surface area contributed by atoms with E-state index in [0.29, 0.717) is 40.7 Å². The predicted octanol–water partition coefficient (Wildman–Crippen LogP) is 2.61. The van der Waals surface area contributed by atoms with Gasteiger partial charge in [0.15, 0.2) is 0 Å². The smallest absolute Gasteiger partial charge is 0.277 e. The van der Waals surface area contributed by atoms with Crippen LogP contribution in [0.1, 0.15) is 25.2 Å². The minimum atomic E-state index is -0.417. The molecule has 0 amide bonds. The molecule has 8 nitrogen and oxygen atoms in total. The number of imidazole rings is 1. The first-order valence-electron chi connectivity index (χ1n) is 9.10. The fourth-order valence-electron chi connectivity index (χ4n) is 3.61. The van der Waals surface area contributed by atoms with Gasteiger partial charge in [-0.15, -0.1) is 0 Å². The van der Waals surface area contributed by atoms with Crippen LogP contribution in [-0.2, 0) is 11.3 Å². The third kappa shape index (κ3) is 2.54. The van der Waals surface area contributed by atoms with Crippen molar-refractivity contribution in [2.45, 2.75) is 25.8 Å². The number of benzene rings is 1. The van der Waals surface area contributed by atoms with E-state index in [0.717, 1.165) is 6.42 Å². The minimum absolute atomic E-state index is 0.275. The van der Waals surface area contributed by atoms with Crippen molar-refractivity contribution in [2.75, 3.05) is 13.7 Å². The summed E-state index contributed by atoms with van der Waals surface area (Å²) >= 11 is 0. The summed E-state index contributed by atoms with van der Waals surface area (Å²) in [6, 6.07) is 4.32. The van der Waals surface area contributed by atoms with Gasteiger partial charge in [-0.1, -0.05) is 12.1 Å². The normalized spacial score (nSPS) is 19.0. The second-order valence-electron chi connectivity index (χ2n) is 7.17. The highest BCUT2D eigenvalue weighted by Gasteiger charge is 2.39. The average molecular weight is 383 g/mol. The Labute approximate surface area is 158 Å². The van der Waals surface area contributed by atoms with Gasteiger partial charge < -0.3 is 13.8 Å². The van der Waals surface area contributed by atoms with Gasteiger partial charge in [0.2, 0.25) is 11.7 Å². The van der Waals surface area contributed by atoms with Crippen LogP contribution < -0.4 is 5.56 Å². The molecule has 1 fully saturated rings. The summed E-state index contributed by atoms with van der Waals surface area (Å²) in [5.74, 6) is 1.24. The van der Waals surface area contributed by atoms with Crippen LogP contribution in [-0.4, -0.2) is 37.8 Å². The van der Waals surface area contributed by atoms with Gasteiger partial charge >= 0.3 is 0 Å². The first kappa shape index (κ1) is 17.1. The van der Waals surface area contributed by atoms with Crippen molar-refractivity contribution >= 4 is 16.6 Å². The number of rotatable bonds is 5. The van der Waals surface area contributed by atoms with Crippen molar-refractivity contribution in [2.24, 2.45) is 5.92 Å². The van der Waals surface area contributed by atoms with Gasteiger partial charge in [0, 0.05) is 19.6 Å². The lowest BCUT2D eigenvalue weighted by molar-refractivity contribution is 0.187. The number of halogens is 1. The Hall–Kier alpha value is -3.07. The lowest BCUT2D eigenvalue weighted by Crippen LogP contribution is -2.25. The zero-order valence-corrected chi connectivity index (χ0v) is 15.4. The summed E-state index contributed by atoms with van der Waals surface area (Å²) in [5, 5.41) is 4.04. The monoisotopic (exact) mass is 383 g/mol. The highest BCUT2D eigenvalue weighted by Crippen LogP contribution is 2.46. The lowest BCUT2D eigenvalue weighted by atomic mass is 10.2. The molecule has 0 aliphatic heterocycles. The fourth-order valence-corrected chi connectivity index (χ4v) is 3.61. The van der Waals surface area contributed by atoms with Crippen molar-refractivity contribution < 1.29 is 13.7 Å². The molecule has 9 heteroatoms. The number of methoxy groups -OCH3 is 1. The van der Waals surface area contributed by atoms with E-state index >= 15 is 0 Å². The molecule has 0 bridgehead atoms. The van der Waals surface area contributed by atoms with Crippen molar-refractivity contribution in [1.29, 1.82) is 0 Å². The van der Waals surface area contributed by atoms with E-state index in [1.807, 2.05) is 0 Å². The zero-order valence-electron chi connectivity index (χ0n) is 15.4. The number of nitrogens with zero attached hydrogens (tertiary/aromatic N) is 5. The van der Waals surface area contributed by atoms with Gasteiger partial charge in [-0.3, -0.25) is 9.20 Å². The summed E-state index contributed by atoms with van der Waals surface area (Å²) < 4.78 is 27.5. The van der Waals surface area contributed by atoms with Gasteiger partial charge in [-0.2, -0.15) is 4.98 Å². The van der Waals surface area contributed by atoms with Gasteiger partial charge in [-0.05, 0) is 30.5 Å². The van der Waals surface area contributed by atoms with E-state index in [1.54, 1.807) is 17.6 Å². The van der Waals surface area contributed by atoms with Gasteiger partial charge in [0.05, 0.1) is 17.6 Å². The lowest BCUT2D eigenvalue weighted by Gasteiger charge is -2.12. The molecular weight excluding hydrogens is 365 g/mol. The molecule has 1 saturated carbocycles. The molecule has 0 spiro atoms. The Morgan fingerprint density at radius 2 is 2.18 bits per heavy atom. The van der Waals surface area contributed by atoms with Crippen LogP contribution >= 0.6 is 0 Å². The quantitative estimate of drug-likeness (QED) is 0.526. The molecule has 1 aliphatic carbocycles. The predicted molar refractivity (Wildman–Crippen MR) is 98.6 cm³/mol. The molecule has 0 N–H and O–H groups in total. The van der Waals surface area contributed by atoms with Gasteiger partial charge in [-0.25, -0.2) is 9.37 Å². The van der Waals surface area contributed by atoms with Crippen molar-refractivity contribution in [3.63, 3.8) is 0 Å². The molecule has 4 aromatic rings. The Morgan fingerprint density at radius 1 is 1.36 bits per heavy atom. The first-order chi connectivity index (χ1) is 13.6. The highest BCUT2D eigenvalue weighted by molar-refractivity contribution is 5.83. The van der Waals surface area contributed by atoms with E-state index < -0.39 is 5.82 Å². The Kier molecular flexibility index (Phi) is 3.80. The molecule has 144 valence electrons. The van der Waals surface area contributed by atoms with E-state index in [1.165, 1.54) is 23.0 Å². The molecule has 2 atom stereocenters. The van der Waals surface area contributed by atoms with Crippen LogP contribution in [0.2, 0.25) is 0 Å². The topological polar surface area (TPSA) is 87.5 Å². The summed E-state index contributed by atoms with van der Waals surface area (Å²) in [7, 11) is 1.55. The molecular formula is C19H18FN5O3. The summed E-state index contributed by atoms with van der Waals surface area (Å²) in [6.45, 7) is 2.73. The van der Waals surface area contributed by atoms with Crippen LogP contribution in [0.5, 0.6) is 0 Å². The van der Waals surface area contributed by atoms with E-state index in [9.17, 15) is 9.18 Å². The number of fused-ring (bicyclic) bond motifs is 3. The Balaban J connectivity index is 1.75. The SMILES string of the molecule is COCCn1c(=O)c2c(-c3noc(C4CC4C)n3)ncn2c2ccc(F)cc21. The number of aromatic nitrogens is 5. The molecule has 3 heterocycles. The maximum Gasteiger partial charge on any atom is 0.277 e. The van der Waals surface area contributed by atoms with Crippen LogP contribution in [0.25, 0.3) is 28.1 Å². The molecule has 28 heavy (non-hydrogen) atoms. The Morgan fingerprint density at radius 3 is 2.93 bits per heavy atom. The fraction of sp³-hybridized carbons (Fsp3) is 0.368. The number of hydrogen-bond donors (Lipinski definition) is 0. The van der Waals surface area contributed by atoms with Crippen molar-refractivity contribution in [3.8, 4) is 11.5 Å². The average Bonchev–Trinajstić information content (AvgIpc) is 3.10. The van der Waals surface area contributed by atoms with Crippen LogP contribution in [0.3, 0.4) is 0 Å². The first-order valence-corrected chi connectivity index (χ1v) is 9.10. The molecule has 1 aromatic carbocycles. The molecule has 5 rings (SSSR count). The van der Waals surface area contributed by atoms with E-state index in [-0.39, 0.29) is 23.8 Å². The highest BCUT2D eigenvalue weighted by atomic mass is 19.1. The second kappa shape index (κ2) is 6.23. The third-order valence-electron chi connectivity index (χ3n) is 5.30. The van der Waals surface area contributed by atoms with Gasteiger partial charge in [0.25, 0.3) is 5.56 Å². The van der Waals surface area contributed by atoms with Crippen molar-refractivity contribution in [3.05, 3.63) is 46.6 Å².